The van der Waals surface area contributed by atoms with Crippen LogP contribution >= 0.6 is 0 Å². The Morgan fingerprint density at radius 2 is 2.36 bits per heavy atom. The lowest BCUT2D eigenvalue weighted by Gasteiger charge is -2.14. The molecule has 0 fully saturated rings. The van der Waals surface area contributed by atoms with Crippen molar-refractivity contribution in [2.45, 2.75) is 6.18 Å². The maximum atomic E-state index is 11.5. The monoisotopic (exact) mass is 169 g/mol. The number of hydrazine groups is 1. The molecule has 0 radical (unpaired) electrons. The third-order valence-electron chi connectivity index (χ3n) is 0.887. The van der Waals surface area contributed by atoms with E-state index in [9.17, 15) is 13.2 Å². The number of nitrogens with zero attached hydrogens (tertiary/aromatic N) is 2. The van der Waals surface area contributed by atoms with E-state index >= 15 is 0 Å². The van der Waals surface area contributed by atoms with Gasteiger partial charge in [0, 0.05) is 0 Å². The van der Waals surface area contributed by atoms with Crippen LogP contribution in [0.25, 0.3) is 0 Å². The van der Waals surface area contributed by atoms with E-state index in [4.69, 9.17) is 0 Å². The van der Waals surface area contributed by atoms with Gasteiger partial charge < -0.3 is 0 Å². The molecule has 1 N–H and O–H groups in total. The Balaban J connectivity index is 2.13. The fourth-order valence-electron chi connectivity index (χ4n) is 0.490. The molecule has 0 bridgehead atoms. The molecule has 1 aliphatic heterocycles. The Hall–Kier alpha value is -0.820. The first-order valence-corrected chi connectivity index (χ1v) is 2.79. The Morgan fingerprint density at radius 3 is 2.82 bits per heavy atom. The summed E-state index contributed by atoms with van der Waals surface area (Å²) in [7, 11) is 0. The van der Waals surface area contributed by atoms with Gasteiger partial charge in [-0.1, -0.05) is 5.17 Å². The Bertz CT molecular complexity index is 149. The van der Waals surface area contributed by atoms with Crippen molar-refractivity contribution in [1.29, 1.82) is 0 Å². The van der Waals surface area contributed by atoms with Crippen molar-refractivity contribution in [1.82, 2.24) is 10.6 Å². The van der Waals surface area contributed by atoms with Crippen LogP contribution in [0.3, 0.4) is 0 Å². The summed E-state index contributed by atoms with van der Waals surface area (Å²) in [5.74, 6) is 0. The van der Waals surface area contributed by atoms with Crippen LogP contribution in [0.4, 0.5) is 13.2 Å². The average molecular weight is 169 g/mol. The van der Waals surface area contributed by atoms with Gasteiger partial charge in [-0.25, -0.2) is 0 Å². The minimum Gasteiger partial charge on any atom is -0.285 e. The van der Waals surface area contributed by atoms with E-state index in [1.54, 1.807) is 0 Å². The highest BCUT2D eigenvalue weighted by Gasteiger charge is 2.29. The standard InChI is InChI=1S/C4H6F3N3O/c5-4(6,7)1-11-10-3-8-2-9-10/h2H,1,3H2,(H,8,9). The Kier molecular flexibility index (Phi) is 2.30. The first-order valence-electron chi connectivity index (χ1n) is 2.79. The van der Waals surface area contributed by atoms with E-state index in [0.29, 0.717) is 0 Å². The number of hydrogen-bond donors (Lipinski definition) is 1. The zero-order chi connectivity index (χ0) is 8.32. The van der Waals surface area contributed by atoms with Gasteiger partial charge in [0.15, 0.2) is 6.61 Å². The van der Waals surface area contributed by atoms with E-state index in [1.807, 2.05) is 0 Å². The number of rotatable bonds is 2. The summed E-state index contributed by atoms with van der Waals surface area (Å²) in [5.41, 5.74) is 2.35. The first kappa shape index (κ1) is 8.28. The second kappa shape index (κ2) is 3.05. The molecule has 1 rings (SSSR count). The van der Waals surface area contributed by atoms with Crippen molar-refractivity contribution in [2.24, 2.45) is 4.99 Å². The molecule has 0 amide bonds. The molecule has 0 aromatic rings. The van der Waals surface area contributed by atoms with Gasteiger partial charge in [-0.2, -0.15) is 13.2 Å². The Labute approximate surface area is 60.6 Å². The van der Waals surface area contributed by atoms with E-state index in [2.05, 4.69) is 15.3 Å². The van der Waals surface area contributed by atoms with Crippen molar-refractivity contribution in [3.63, 3.8) is 0 Å². The van der Waals surface area contributed by atoms with Crippen molar-refractivity contribution in [2.75, 3.05) is 13.3 Å². The minimum absolute atomic E-state index is 0.0794. The van der Waals surface area contributed by atoms with Crippen LogP contribution in [0.15, 0.2) is 4.99 Å². The van der Waals surface area contributed by atoms with Crippen LogP contribution in [-0.4, -0.2) is 31.0 Å². The van der Waals surface area contributed by atoms with Crippen LogP contribution < -0.4 is 5.43 Å². The van der Waals surface area contributed by atoms with Gasteiger partial charge in [0.05, 0.1) is 0 Å². The lowest BCUT2D eigenvalue weighted by atomic mass is 10.7. The summed E-state index contributed by atoms with van der Waals surface area (Å²) in [5, 5.41) is 0.896. The highest BCUT2D eigenvalue weighted by Crippen LogP contribution is 2.14. The average Bonchev–Trinajstić information content (AvgIpc) is 2.32. The molecule has 11 heavy (non-hydrogen) atoms. The number of aliphatic imine (C=N–C) groups is 1. The van der Waals surface area contributed by atoms with Crippen molar-refractivity contribution in [3.8, 4) is 0 Å². The molecule has 1 aliphatic rings. The number of hydroxylamine groups is 1. The molecule has 0 aromatic heterocycles. The largest absolute Gasteiger partial charge is 0.413 e. The van der Waals surface area contributed by atoms with Gasteiger partial charge >= 0.3 is 6.18 Å². The van der Waals surface area contributed by atoms with Crippen LogP contribution in [0.2, 0.25) is 0 Å². The van der Waals surface area contributed by atoms with E-state index in [1.165, 1.54) is 6.34 Å². The molecule has 4 nitrogen and oxygen atoms in total. The van der Waals surface area contributed by atoms with Gasteiger partial charge in [-0.15, -0.1) is 0 Å². The zero-order valence-corrected chi connectivity index (χ0v) is 5.43. The number of halogens is 3. The maximum absolute atomic E-state index is 11.5. The van der Waals surface area contributed by atoms with Crippen LogP contribution in [0.5, 0.6) is 0 Å². The molecule has 0 saturated heterocycles. The normalized spacial score (nSPS) is 18.8. The van der Waals surface area contributed by atoms with Crippen molar-refractivity contribution in [3.05, 3.63) is 0 Å². The van der Waals surface area contributed by atoms with Gasteiger partial charge in [0.1, 0.15) is 13.0 Å². The minimum atomic E-state index is -4.30. The fraction of sp³-hybridized carbons (Fsp3) is 0.750. The van der Waals surface area contributed by atoms with E-state index in [0.717, 1.165) is 5.17 Å². The van der Waals surface area contributed by atoms with Gasteiger partial charge in [-0.05, 0) is 0 Å². The lowest BCUT2D eigenvalue weighted by molar-refractivity contribution is -0.259. The first-order chi connectivity index (χ1) is 5.08. The van der Waals surface area contributed by atoms with Crippen molar-refractivity contribution >= 4 is 6.34 Å². The van der Waals surface area contributed by atoms with Gasteiger partial charge in [0.2, 0.25) is 0 Å². The molecule has 1 heterocycles. The van der Waals surface area contributed by atoms with Gasteiger partial charge in [-0.3, -0.25) is 15.3 Å². The highest BCUT2D eigenvalue weighted by molar-refractivity contribution is 5.54. The fourth-order valence-corrected chi connectivity index (χ4v) is 0.490. The quantitative estimate of drug-likeness (QED) is 0.645. The van der Waals surface area contributed by atoms with Crippen molar-refractivity contribution < 1.29 is 18.0 Å². The van der Waals surface area contributed by atoms with E-state index in [-0.39, 0.29) is 6.67 Å². The molecular weight excluding hydrogens is 163 g/mol. The molecule has 0 aromatic carbocycles. The second-order valence-electron chi connectivity index (χ2n) is 1.85. The summed E-state index contributed by atoms with van der Waals surface area (Å²) in [6.07, 6.45) is -3.04. The molecule has 0 unspecified atom stereocenters. The third kappa shape index (κ3) is 3.19. The third-order valence-corrected chi connectivity index (χ3v) is 0.887. The summed E-state index contributed by atoms with van der Waals surface area (Å²) >= 11 is 0. The zero-order valence-electron chi connectivity index (χ0n) is 5.43. The number of alkyl halides is 3. The lowest BCUT2D eigenvalue weighted by Crippen LogP contribution is -2.35. The van der Waals surface area contributed by atoms with Gasteiger partial charge in [0.25, 0.3) is 0 Å². The smallest absolute Gasteiger partial charge is 0.285 e. The molecule has 0 saturated carbocycles. The van der Waals surface area contributed by atoms with Crippen LogP contribution in [0.1, 0.15) is 0 Å². The molecule has 0 atom stereocenters. The molecule has 7 heteroatoms. The van der Waals surface area contributed by atoms with Crippen LogP contribution in [-0.2, 0) is 4.84 Å². The second-order valence-corrected chi connectivity index (χ2v) is 1.85. The number of hydrogen-bond acceptors (Lipinski definition) is 4. The summed E-state index contributed by atoms with van der Waals surface area (Å²) in [6, 6.07) is 0. The summed E-state index contributed by atoms with van der Waals surface area (Å²) in [4.78, 5) is 7.80. The SMILES string of the molecule is FC(F)(F)CON1CN=CN1. The topological polar surface area (TPSA) is 36.9 Å². The molecule has 0 aliphatic carbocycles. The highest BCUT2D eigenvalue weighted by atomic mass is 19.4. The predicted molar refractivity (Wildman–Crippen MR) is 30.3 cm³/mol. The molecular formula is C4H6F3N3O. The van der Waals surface area contributed by atoms with Crippen LogP contribution in [0, 0.1) is 0 Å². The summed E-state index contributed by atoms with van der Waals surface area (Å²) < 4.78 is 34.5. The number of nitrogens with one attached hydrogen (secondary N) is 1. The molecule has 64 valence electrons. The Morgan fingerprint density at radius 1 is 1.64 bits per heavy atom. The van der Waals surface area contributed by atoms with E-state index < -0.39 is 12.8 Å². The maximum Gasteiger partial charge on any atom is 0.413 e. The predicted octanol–water partition coefficient (Wildman–Crippen LogP) is 0.286. The molecule has 0 spiro atoms. The summed E-state index contributed by atoms with van der Waals surface area (Å²) in [6.45, 7) is -1.22.